The van der Waals surface area contributed by atoms with E-state index >= 15 is 0 Å². The molecule has 0 atom stereocenters. The molecule has 9 nitrogen and oxygen atoms in total. The third kappa shape index (κ3) is 5.24. The summed E-state index contributed by atoms with van der Waals surface area (Å²) < 4.78 is 11.2. The molecule has 2 aliphatic heterocycles. The number of rotatable bonds is 6. The molecule has 4 rings (SSSR count). The third-order valence-electron chi connectivity index (χ3n) is 5.36. The van der Waals surface area contributed by atoms with Gasteiger partial charge >= 0.3 is 0 Å². The van der Waals surface area contributed by atoms with Crippen LogP contribution in [-0.2, 0) is 22.5 Å². The van der Waals surface area contributed by atoms with Crippen LogP contribution in [0, 0.1) is 6.92 Å². The van der Waals surface area contributed by atoms with E-state index in [1.54, 1.807) is 0 Å². The Kier molecular flexibility index (Phi) is 6.76. The zero-order valence-electron chi connectivity index (χ0n) is 17.2. The summed E-state index contributed by atoms with van der Waals surface area (Å²) in [7, 11) is 0. The van der Waals surface area contributed by atoms with Crippen molar-refractivity contribution in [3.8, 4) is 0 Å². The molecule has 0 unspecified atom stereocenters. The van der Waals surface area contributed by atoms with Gasteiger partial charge in [0.1, 0.15) is 10.8 Å². The lowest BCUT2D eigenvalue weighted by atomic mass is 10.1. The van der Waals surface area contributed by atoms with Crippen molar-refractivity contribution in [1.82, 2.24) is 20.0 Å². The summed E-state index contributed by atoms with van der Waals surface area (Å²) in [4.78, 5) is 29.1. The van der Waals surface area contributed by atoms with Crippen molar-refractivity contribution >= 4 is 28.3 Å². The fourth-order valence-corrected chi connectivity index (χ4v) is 4.47. The standard InChI is InChI=1S/C20H27N5O4S/c1-14-11-15(13-24-7-9-28-10-8-24)29-18(14)19(27)21-20-23-22-16(30-20)12-17(26)25-5-3-2-4-6-25/h11H,2-10,12-13H2,1H3,(H,21,23,27). The van der Waals surface area contributed by atoms with Crippen molar-refractivity contribution in [1.29, 1.82) is 0 Å². The number of likely N-dealkylation sites (tertiary alicyclic amines) is 1. The van der Waals surface area contributed by atoms with Crippen LogP contribution in [-0.4, -0.2) is 71.2 Å². The van der Waals surface area contributed by atoms with Crippen LogP contribution in [0.25, 0.3) is 0 Å². The fourth-order valence-electron chi connectivity index (χ4n) is 3.75. The highest BCUT2D eigenvalue weighted by atomic mass is 32.1. The van der Waals surface area contributed by atoms with Gasteiger partial charge in [-0.1, -0.05) is 11.3 Å². The molecule has 162 valence electrons. The Morgan fingerprint density at radius 2 is 1.90 bits per heavy atom. The zero-order valence-corrected chi connectivity index (χ0v) is 18.0. The minimum atomic E-state index is -0.356. The van der Waals surface area contributed by atoms with Gasteiger partial charge in [0, 0.05) is 31.7 Å². The van der Waals surface area contributed by atoms with Gasteiger partial charge in [-0.15, -0.1) is 10.2 Å². The molecule has 30 heavy (non-hydrogen) atoms. The van der Waals surface area contributed by atoms with Crippen LogP contribution in [0.1, 0.15) is 46.1 Å². The van der Waals surface area contributed by atoms with Gasteiger partial charge in [0.2, 0.25) is 11.0 Å². The average Bonchev–Trinajstić information content (AvgIpc) is 3.35. The molecule has 10 heteroatoms. The minimum Gasteiger partial charge on any atom is -0.454 e. The number of piperidine rings is 1. The Hall–Kier alpha value is -2.30. The van der Waals surface area contributed by atoms with Gasteiger partial charge in [-0.25, -0.2) is 0 Å². The quantitative estimate of drug-likeness (QED) is 0.744. The number of anilines is 1. The van der Waals surface area contributed by atoms with Gasteiger partial charge in [0.05, 0.1) is 26.2 Å². The second-order valence-corrected chi connectivity index (χ2v) is 8.75. The molecular weight excluding hydrogens is 406 g/mol. The molecule has 0 bridgehead atoms. The van der Waals surface area contributed by atoms with Crippen molar-refractivity contribution in [2.75, 3.05) is 44.7 Å². The summed E-state index contributed by atoms with van der Waals surface area (Å²) in [5.41, 5.74) is 0.778. The molecular formula is C20H27N5O4S. The maximum atomic E-state index is 12.6. The van der Waals surface area contributed by atoms with E-state index in [-0.39, 0.29) is 24.0 Å². The number of morpholine rings is 1. The highest BCUT2D eigenvalue weighted by Crippen LogP contribution is 2.21. The smallest absolute Gasteiger partial charge is 0.293 e. The van der Waals surface area contributed by atoms with E-state index in [0.717, 1.165) is 50.3 Å². The van der Waals surface area contributed by atoms with Crippen molar-refractivity contribution in [3.63, 3.8) is 0 Å². The first-order valence-electron chi connectivity index (χ1n) is 10.4. The number of aromatic nitrogens is 2. The molecule has 2 aromatic heterocycles. The van der Waals surface area contributed by atoms with Crippen LogP contribution in [0.4, 0.5) is 5.13 Å². The number of amides is 2. The van der Waals surface area contributed by atoms with E-state index in [4.69, 9.17) is 9.15 Å². The van der Waals surface area contributed by atoms with E-state index in [1.807, 2.05) is 17.9 Å². The van der Waals surface area contributed by atoms with Crippen LogP contribution in [0.3, 0.4) is 0 Å². The Morgan fingerprint density at radius 3 is 2.67 bits per heavy atom. The predicted octanol–water partition coefficient (Wildman–Crippen LogP) is 2.08. The molecule has 2 amide bonds. The van der Waals surface area contributed by atoms with Gasteiger partial charge in [0.25, 0.3) is 5.91 Å². The number of carbonyl (C=O) groups is 2. The van der Waals surface area contributed by atoms with Gasteiger partial charge < -0.3 is 14.1 Å². The van der Waals surface area contributed by atoms with Crippen molar-refractivity contribution in [2.45, 2.75) is 39.2 Å². The van der Waals surface area contributed by atoms with Gasteiger partial charge in [-0.05, 0) is 32.3 Å². The number of carbonyl (C=O) groups excluding carboxylic acids is 2. The Labute approximate surface area is 179 Å². The number of aryl methyl sites for hydroxylation is 1. The van der Waals surface area contributed by atoms with Crippen LogP contribution < -0.4 is 5.32 Å². The van der Waals surface area contributed by atoms with E-state index in [2.05, 4.69) is 20.4 Å². The largest absolute Gasteiger partial charge is 0.454 e. The third-order valence-corrected chi connectivity index (χ3v) is 6.20. The first-order chi connectivity index (χ1) is 14.6. The molecule has 2 fully saturated rings. The maximum Gasteiger partial charge on any atom is 0.293 e. The van der Waals surface area contributed by atoms with Crippen LogP contribution in [0.5, 0.6) is 0 Å². The molecule has 2 aliphatic rings. The molecule has 0 aromatic carbocycles. The number of nitrogens with zero attached hydrogens (tertiary/aromatic N) is 4. The van der Waals surface area contributed by atoms with E-state index < -0.39 is 0 Å². The Bertz CT molecular complexity index is 884. The lowest BCUT2D eigenvalue weighted by molar-refractivity contribution is -0.131. The van der Waals surface area contributed by atoms with Crippen molar-refractivity contribution in [3.05, 3.63) is 28.2 Å². The Morgan fingerprint density at radius 1 is 1.13 bits per heavy atom. The lowest BCUT2D eigenvalue weighted by Crippen LogP contribution is -2.36. The van der Waals surface area contributed by atoms with Gasteiger partial charge in [-0.2, -0.15) is 0 Å². The van der Waals surface area contributed by atoms with E-state index in [0.29, 0.717) is 29.9 Å². The summed E-state index contributed by atoms with van der Waals surface area (Å²) >= 11 is 1.22. The molecule has 0 spiro atoms. The SMILES string of the molecule is Cc1cc(CN2CCOCC2)oc1C(=O)Nc1nnc(CC(=O)N2CCCCC2)s1. The highest BCUT2D eigenvalue weighted by molar-refractivity contribution is 7.15. The minimum absolute atomic E-state index is 0.0679. The second kappa shape index (κ2) is 9.67. The normalized spacial score (nSPS) is 17.8. The molecule has 0 radical (unpaired) electrons. The number of furan rings is 1. The average molecular weight is 434 g/mol. The summed E-state index contributed by atoms with van der Waals surface area (Å²) in [5.74, 6) is 0.744. The summed E-state index contributed by atoms with van der Waals surface area (Å²) in [6.45, 7) is 7.26. The van der Waals surface area contributed by atoms with E-state index in [9.17, 15) is 9.59 Å². The molecule has 0 aliphatic carbocycles. The summed E-state index contributed by atoms with van der Waals surface area (Å²) in [5, 5.41) is 11.8. The number of hydrogen-bond donors (Lipinski definition) is 1. The topological polar surface area (TPSA) is 101 Å². The van der Waals surface area contributed by atoms with E-state index in [1.165, 1.54) is 17.8 Å². The highest BCUT2D eigenvalue weighted by Gasteiger charge is 2.21. The van der Waals surface area contributed by atoms with Gasteiger partial charge in [-0.3, -0.25) is 19.8 Å². The zero-order chi connectivity index (χ0) is 20.9. The summed E-state index contributed by atoms with van der Waals surface area (Å²) in [6.07, 6.45) is 3.51. The van der Waals surface area contributed by atoms with Crippen LogP contribution in [0.15, 0.2) is 10.5 Å². The molecule has 2 aromatic rings. The number of hydrogen-bond acceptors (Lipinski definition) is 8. The molecule has 4 heterocycles. The lowest BCUT2D eigenvalue weighted by Gasteiger charge is -2.26. The second-order valence-electron chi connectivity index (χ2n) is 7.69. The van der Waals surface area contributed by atoms with Gasteiger partial charge in [0.15, 0.2) is 5.76 Å². The number of nitrogens with one attached hydrogen (secondary N) is 1. The van der Waals surface area contributed by atoms with Crippen molar-refractivity contribution in [2.24, 2.45) is 0 Å². The van der Waals surface area contributed by atoms with Crippen molar-refractivity contribution < 1.29 is 18.7 Å². The first-order valence-corrected chi connectivity index (χ1v) is 11.2. The maximum absolute atomic E-state index is 12.6. The summed E-state index contributed by atoms with van der Waals surface area (Å²) in [6, 6.07) is 1.90. The number of ether oxygens (including phenoxy) is 1. The fraction of sp³-hybridized carbons (Fsp3) is 0.600. The monoisotopic (exact) mass is 433 g/mol. The van der Waals surface area contributed by atoms with Crippen LogP contribution >= 0.6 is 11.3 Å². The molecule has 0 saturated carbocycles. The molecule has 2 saturated heterocycles. The first kappa shape index (κ1) is 21.0. The van der Waals surface area contributed by atoms with Crippen LogP contribution in [0.2, 0.25) is 0 Å². The predicted molar refractivity (Wildman–Crippen MR) is 112 cm³/mol. The Balaban J connectivity index is 1.33. The molecule has 1 N–H and O–H groups in total.